The van der Waals surface area contributed by atoms with E-state index in [2.05, 4.69) is 10.5 Å². The quantitative estimate of drug-likeness (QED) is 0.195. The maximum absolute atomic E-state index is 13.4. The highest BCUT2D eigenvalue weighted by molar-refractivity contribution is 7.89. The number of halogens is 1. The lowest BCUT2D eigenvalue weighted by molar-refractivity contribution is 0.0954. The summed E-state index contributed by atoms with van der Waals surface area (Å²) in [6.07, 6.45) is 3.19. The molecular weight excluding hydrogens is 507 g/mol. The Kier molecular flexibility index (Phi) is 7.84. The number of fused-ring (bicyclic) bond motifs is 1. The zero-order valence-corrected chi connectivity index (χ0v) is 22.0. The zero-order chi connectivity index (χ0) is 27.4. The van der Waals surface area contributed by atoms with Crippen molar-refractivity contribution in [3.63, 3.8) is 0 Å². The van der Waals surface area contributed by atoms with E-state index in [1.54, 1.807) is 37.4 Å². The van der Waals surface area contributed by atoms with E-state index in [1.165, 1.54) is 59.1 Å². The third-order valence-electron chi connectivity index (χ3n) is 6.26. The summed E-state index contributed by atoms with van der Waals surface area (Å²) in [5, 5.41) is 4.09. The minimum absolute atomic E-state index is 0.0241. The lowest BCUT2D eigenvalue weighted by atomic mass is 10.0. The number of hydrogen-bond donors (Lipinski definition) is 1. The van der Waals surface area contributed by atoms with Crippen molar-refractivity contribution in [2.45, 2.75) is 25.7 Å². The number of aromatic nitrogens is 1. The van der Waals surface area contributed by atoms with E-state index >= 15 is 0 Å². The predicted octanol–water partition coefficient (Wildman–Crippen LogP) is 4.41. The van der Waals surface area contributed by atoms with Crippen molar-refractivity contribution in [2.24, 2.45) is 5.10 Å². The number of sulfonamides is 1. The molecule has 0 aliphatic rings. The minimum Gasteiger partial charge on any atom is -0.313 e. The molecule has 1 amide bonds. The van der Waals surface area contributed by atoms with Gasteiger partial charge in [-0.2, -0.15) is 9.41 Å². The Morgan fingerprint density at radius 3 is 2.39 bits per heavy atom. The molecule has 10 heteroatoms. The molecule has 0 bridgehead atoms. The molecule has 4 rings (SSSR count). The minimum atomic E-state index is -3.72. The molecule has 0 unspecified atom stereocenters. The summed E-state index contributed by atoms with van der Waals surface area (Å²) in [6, 6.07) is 16.5. The molecule has 2 aromatic carbocycles. The molecule has 2 aromatic heterocycles. The average molecular weight is 535 g/mol. The number of pyridine rings is 1. The first-order valence-corrected chi connectivity index (χ1v) is 13.5. The summed E-state index contributed by atoms with van der Waals surface area (Å²) in [7, 11) is -3.72. The highest BCUT2D eigenvalue weighted by Gasteiger charge is 2.23. The Morgan fingerprint density at radius 2 is 1.71 bits per heavy atom. The SMILES string of the molecule is CCN(CC)S(=O)(=O)c1cccc(C(=O)NN=Cc2c(C)c(C(=O)c3ccc(F)cc3)n3ccccc23)c1. The van der Waals surface area contributed by atoms with Crippen LogP contribution in [0.15, 0.2) is 82.9 Å². The van der Waals surface area contributed by atoms with Gasteiger partial charge in [-0.3, -0.25) is 9.59 Å². The highest BCUT2D eigenvalue weighted by Crippen LogP contribution is 2.24. The Morgan fingerprint density at radius 1 is 1.00 bits per heavy atom. The van der Waals surface area contributed by atoms with E-state index in [1.807, 2.05) is 12.1 Å². The number of amides is 1. The molecule has 0 atom stereocenters. The number of rotatable bonds is 9. The van der Waals surface area contributed by atoms with Gasteiger partial charge in [0.25, 0.3) is 5.91 Å². The molecule has 0 radical (unpaired) electrons. The van der Waals surface area contributed by atoms with Gasteiger partial charge in [-0.25, -0.2) is 18.2 Å². The van der Waals surface area contributed by atoms with Crippen LogP contribution in [0.3, 0.4) is 0 Å². The Labute approximate surface area is 220 Å². The first-order valence-electron chi connectivity index (χ1n) is 12.0. The van der Waals surface area contributed by atoms with Crippen molar-refractivity contribution in [1.82, 2.24) is 14.1 Å². The summed E-state index contributed by atoms with van der Waals surface area (Å²) in [5.41, 5.74) is 5.27. The maximum atomic E-state index is 13.4. The van der Waals surface area contributed by atoms with E-state index in [-0.39, 0.29) is 16.2 Å². The van der Waals surface area contributed by atoms with Crippen LogP contribution in [0.25, 0.3) is 5.52 Å². The molecule has 8 nitrogen and oxygen atoms in total. The van der Waals surface area contributed by atoms with Crippen LogP contribution in [0, 0.1) is 12.7 Å². The van der Waals surface area contributed by atoms with Crippen molar-refractivity contribution < 1.29 is 22.4 Å². The van der Waals surface area contributed by atoms with Gasteiger partial charge in [0.2, 0.25) is 15.8 Å². The molecular formula is C28H27FN4O4S. The summed E-state index contributed by atoms with van der Waals surface area (Å²) < 4.78 is 42.1. The number of hydrogen-bond acceptors (Lipinski definition) is 5. The normalized spacial score (nSPS) is 11.9. The van der Waals surface area contributed by atoms with Crippen LogP contribution in [-0.4, -0.2) is 48.1 Å². The fourth-order valence-corrected chi connectivity index (χ4v) is 5.77. The van der Waals surface area contributed by atoms with Crippen LogP contribution in [0.5, 0.6) is 0 Å². The fourth-order valence-electron chi connectivity index (χ4n) is 4.27. The smallest absolute Gasteiger partial charge is 0.271 e. The predicted molar refractivity (Wildman–Crippen MR) is 144 cm³/mol. The summed E-state index contributed by atoms with van der Waals surface area (Å²) in [6.45, 7) is 5.90. The number of nitrogens with zero attached hydrogens (tertiary/aromatic N) is 3. The molecule has 4 aromatic rings. The Bertz CT molecular complexity index is 1640. The first kappa shape index (κ1) is 26.9. The van der Waals surface area contributed by atoms with E-state index in [4.69, 9.17) is 0 Å². The van der Waals surface area contributed by atoms with E-state index in [0.717, 1.165) is 0 Å². The Balaban J connectivity index is 1.61. The third-order valence-corrected chi connectivity index (χ3v) is 8.30. The second-order valence-corrected chi connectivity index (χ2v) is 10.4. The molecule has 196 valence electrons. The lowest BCUT2D eigenvalue weighted by Gasteiger charge is -2.18. The van der Waals surface area contributed by atoms with Crippen LogP contribution < -0.4 is 5.43 Å². The van der Waals surface area contributed by atoms with E-state index in [0.29, 0.717) is 41.0 Å². The molecule has 1 N–H and O–H groups in total. The summed E-state index contributed by atoms with van der Waals surface area (Å²) in [4.78, 5) is 26.1. The standard InChI is InChI=1S/C28H27FN4O4S/c1-4-32(5-2)38(36,37)23-10-8-9-21(17-23)28(35)31-30-18-24-19(3)26(33-16-7-6-11-25(24)33)27(34)20-12-14-22(29)15-13-20/h6-18H,4-5H2,1-3H3,(H,31,35). The van der Waals surface area contributed by atoms with Crippen molar-refractivity contribution >= 4 is 33.4 Å². The number of ketones is 1. The van der Waals surface area contributed by atoms with Gasteiger partial charge in [0.15, 0.2) is 0 Å². The number of carbonyl (C=O) groups excluding carboxylic acids is 2. The molecule has 38 heavy (non-hydrogen) atoms. The highest BCUT2D eigenvalue weighted by atomic mass is 32.2. The van der Waals surface area contributed by atoms with Crippen LogP contribution in [0.1, 0.15) is 51.4 Å². The van der Waals surface area contributed by atoms with Gasteiger partial charge in [-0.15, -0.1) is 0 Å². The van der Waals surface area contributed by atoms with Gasteiger partial charge in [0.05, 0.1) is 22.3 Å². The molecule has 0 spiro atoms. The van der Waals surface area contributed by atoms with Crippen molar-refractivity contribution in [3.05, 3.63) is 107 Å². The fraction of sp³-hybridized carbons (Fsp3) is 0.179. The number of benzene rings is 2. The van der Waals surface area contributed by atoms with Crippen molar-refractivity contribution in [1.29, 1.82) is 0 Å². The van der Waals surface area contributed by atoms with Gasteiger partial charge >= 0.3 is 0 Å². The van der Waals surface area contributed by atoms with Crippen LogP contribution >= 0.6 is 0 Å². The van der Waals surface area contributed by atoms with Gasteiger partial charge < -0.3 is 4.40 Å². The molecule has 0 saturated heterocycles. The second-order valence-electron chi connectivity index (χ2n) is 8.50. The Hall–Kier alpha value is -4.15. The lowest BCUT2D eigenvalue weighted by Crippen LogP contribution is -2.30. The monoisotopic (exact) mass is 534 g/mol. The summed E-state index contributed by atoms with van der Waals surface area (Å²) >= 11 is 0. The average Bonchev–Trinajstić information content (AvgIpc) is 3.20. The zero-order valence-electron chi connectivity index (χ0n) is 21.2. The van der Waals surface area contributed by atoms with Gasteiger partial charge in [0.1, 0.15) is 5.82 Å². The molecule has 0 saturated carbocycles. The number of hydrazone groups is 1. The maximum Gasteiger partial charge on any atom is 0.271 e. The van der Waals surface area contributed by atoms with Crippen molar-refractivity contribution in [2.75, 3.05) is 13.1 Å². The number of carbonyl (C=O) groups is 2. The first-order chi connectivity index (χ1) is 18.2. The third kappa shape index (κ3) is 5.13. The molecule has 0 fully saturated rings. The van der Waals surface area contributed by atoms with E-state index < -0.39 is 21.7 Å². The van der Waals surface area contributed by atoms with E-state index in [9.17, 15) is 22.4 Å². The largest absolute Gasteiger partial charge is 0.313 e. The number of nitrogens with one attached hydrogen (secondary N) is 1. The second kappa shape index (κ2) is 11.1. The van der Waals surface area contributed by atoms with Gasteiger partial charge in [-0.1, -0.05) is 26.0 Å². The van der Waals surface area contributed by atoms with Gasteiger partial charge in [-0.05, 0) is 67.1 Å². The molecule has 2 heterocycles. The van der Waals surface area contributed by atoms with Gasteiger partial charge in [0, 0.05) is 36.0 Å². The van der Waals surface area contributed by atoms with Crippen LogP contribution in [0.4, 0.5) is 4.39 Å². The molecule has 0 aliphatic heterocycles. The van der Waals surface area contributed by atoms with Crippen LogP contribution in [0.2, 0.25) is 0 Å². The van der Waals surface area contributed by atoms with Crippen molar-refractivity contribution in [3.8, 4) is 0 Å². The summed E-state index contributed by atoms with van der Waals surface area (Å²) in [5.74, 6) is -1.29. The topological polar surface area (TPSA) is 100 Å². The molecule has 0 aliphatic carbocycles. The van der Waals surface area contributed by atoms with Crippen LogP contribution in [-0.2, 0) is 10.0 Å².